The Labute approximate surface area is 184 Å². The number of amides is 1. The number of methoxy groups -OCH3 is 2. The number of aryl methyl sites for hydroxylation is 1. The standard InChI is InChI=1S/C26H31NO4/c1-17-7-9-20(26(2,3)4)13-19(17)14-22-11-12-23(31-22)25(28)27-16-18-8-10-21(29-5)15-24(18)30-6/h7-13,15H,14,16H2,1-6H3,(H,27,28). The molecule has 31 heavy (non-hydrogen) atoms. The van der Waals surface area contributed by atoms with Gasteiger partial charge in [-0.15, -0.1) is 0 Å². The van der Waals surface area contributed by atoms with Crippen LogP contribution < -0.4 is 14.8 Å². The second-order valence-corrected chi connectivity index (χ2v) is 8.69. The molecule has 3 aromatic rings. The van der Waals surface area contributed by atoms with Crippen LogP contribution >= 0.6 is 0 Å². The molecule has 0 saturated heterocycles. The molecule has 0 atom stereocenters. The minimum absolute atomic E-state index is 0.0825. The van der Waals surface area contributed by atoms with Gasteiger partial charge in [-0.2, -0.15) is 0 Å². The van der Waals surface area contributed by atoms with Crippen LogP contribution in [0.1, 0.15) is 59.3 Å². The van der Waals surface area contributed by atoms with Crippen molar-refractivity contribution in [2.24, 2.45) is 0 Å². The van der Waals surface area contributed by atoms with Crippen molar-refractivity contribution in [1.82, 2.24) is 5.32 Å². The van der Waals surface area contributed by atoms with Crippen LogP contribution in [0.4, 0.5) is 0 Å². The second kappa shape index (κ2) is 9.29. The van der Waals surface area contributed by atoms with Crippen LogP contribution in [-0.4, -0.2) is 20.1 Å². The van der Waals surface area contributed by atoms with E-state index >= 15 is 0 Å². The van der Waals surface area contributed by atoms with E-state index < -0.39 is 0 Å². The molecule has 5 heteroatoms. The van der Waals surface area contributed by atoms with Crippen molar-refractivity contribution < 1.29 is 18.7 Å². The van der Waals surface area contributed by atoms with Gasteiger partial charge in [-0.25, -0.2) is 0 Å². The number of carbonyl (C=O) groups excluding carboxylic acids is 1. The largest absolute Gasteiger partial charge is 0.497 e. The topological polar surface area (TPSA) is 60.7 Å². The van der Waals surface area contributed by atoms with Gasteiger partial charge in [-0.3, -0.25) is 4.79 Å². The summed E-state index contributed by atoms with van der Waals surface area (Å²) in [5.74, 6) is 2.17. The Morgan fingerprint density at radius 1 is 0.968 bits per heavy atom. The lowest BCUT2D eigenvalue weighted by Gasteiger charge is -2.20. The van der Waals surface area contributed by atoms with E-state index in [1.807, 2.05) is 18.2 Å². The molecule has 2 aromatic carbocycles. The van der Waals surface area contributed by atoms with Crippen molar-refractivity contribution in [1.29, 1.82) is 0 Å². The number of benzene rings is 2. The van der Waals surface area contributed by atoms with E-state index in [-0.39, 0.29) is 11.3 Å². The third-order valence-electron chi connectivity index (χ3n) is 5.40. The lowest BCUT2D eigenvalue weighted by atomic mass is 9.85. The Morgan fingerprint density at radius 3 is 2.42 bits per heavy atom. The first-order valence-corrected chi connectivity index (χ1v) is 10.4. The third kappa shape index (κ3) is 5.48. The summed E-state index contributed by atoms with van der Waals surface area (Å²) in [5.41, 5.74) is 4.64. The van der Waals surface area contributed by atoms with Crippen LogP contribution in [0.2, 0.25) is 0 Å². The first kappa shape index (κ1) is 22.5. The normalized spacial score (nSPS) is 11.3. The fraction of sp³-hybridized carbons (Fsp3) is 0.346. The van der Waals surface area contributed by atoms with E-state index in [9.17, 15) is 4.79 Å². The van der Waals surface area contributed by atoms with Crippen molar-refractivity contribution in [3.8, 4) is 11.5 Å². The van der Waals surface area contributed by atoms with Gasteiger partial charge in [0.05, 0.1) is 14.2 Å². The van der Waals surface area contributed by atoms with Crippen LogP contribution in [-0.2, 0) is 18.4 Å². The van der Waals surface area contributed by atoms with Gasteiger partial charge in [0.15, 0.2) is 5.76 Å². The summed E-state index contributed by atoms with van der Waals surface area (Å²) in [5, 5.41) is 2.89. The van der Waals surface area contributed by atoms with Crippen molar-refractivity contribution in [2.45, 2.75) is 46.1 Å². The molecule has 0 saturated carbocycles. The summed E-state index contributed by atoms with van der Waals surface area (Å²) in [6, 6.07) is 15.6. The molecule has 0 unspecified atom stereocenters. The zero-order valence-electron chi connectivity index (χ0n) is 19.2. The molecule has 0 radical (unpaired) electrons. The van der Waals surface area contributed by atoms with Gasteiger partial charge in [0, 0.05) is 24.6 Å². The highest BCUT2D eigenvalue weighted by Crippen LogP contribution is 2.27. The molecule has 1 amide bonds. The predicted octanol–water partition coefficient (Wildman–Crippen LogP) is 5.42. The zero-order valence-corrected chi connectivity index (χ0v) is 19.2. The Balaban J connectivity index is 1.68. The molecular formula is C26H31NO4. The SMILES string of the molecule is COc1ccc(CNC(=O)c2ccc(Cc3cc(C(C)(C)C)ccc3C)o2)c(OC)c1. The average molecular weight is 422 g/mol. The molecule has 0 aliphatic carbocycles. The van der Waals surface area contributed by atoms with Gasteiger partial charge in [0.1, 0.15) is 17.3 Å². The van der Waals surface area contributed by atoms with Gasteiger partial charge in [0.2, 0.25) is 0 Å². The molecule has 5 nitrogen and oxygen atoms in total. The highest BCUT2D eigenvalue weighted by molar-refractivity contribution is 5.91. The monoisotopic (exact) mass is 421 g/mol. The van der Waals surface area contributed by atoms with E-state index in [0.29, 0.717) is 30.2 Å². The summed E-state index contributed by atoms with van der Waals surface area (Å²) < 4.78 is 16.4. The van der Waals surface area contributed by atoms with Crippen LogP contribution in [0.5, 0.6) is 11.5 Å². The highest BCUT2D eigenvalue weighted by Gasteiger charge is 2.17. The van der Waals surface area contributed by atoms with Crippen LogP contribution in [0.25, 0.3) is 0 Å². The van der Waals surface area contributed by atoms with Crippen molar-refractivity contribution in [3.63, 3.8) is 0 Å². The maximum Gasteiger partial charge on any atom is 0.287 e. The molecule has 3 rings (SSSR count). The fourth-order valence-corrected chi connectivity index (χ4v) is 3.37. The Morgan fingerprint density at radius 2 is 1.74 bits per heavy atom. The van der Waals surface area contributed by atoms with Crippen molar-refractivity contribution in [3.05, 3.63) is 82.3 Å². The summed E-state index contributed by atoms with van der Waals surface area (Å²) in [6.45, 7) is 9.03. The Hall–Kier alpha value is -3.21. The van der Waals surface area contributed by atoms with Crippen molar-refractivity contribution >= 4 is 5.91 Å². The first-order valence-electron chi connectivity index (χ1n) is 10.4. The van der Waals surface area contributed by atoms with Gasteiger partial charge in [-0.1, -0.05) is 39.0 Å². The van der Waals surface area contributed by atoms with Crippen molar-refractivity contribution in [2.75, 3.05) is 14.2 Å². The first-order chi connectivity index (χ1) is 14.7. The fourth-order valence-electron chi connectivity index (χ4n) is 3.37. The van der Waals surface area contributed by atoms with Gasteiger partial charge in [-0.05, 0) is 53.3 Å². The van der Waals surface area contributed by atoms with E-state index in [1.165, 1.54) is 16.7 Å². The Kier molecular flexibility index (Phi) is 6.74. The summed E-state index contributed by atoms with van der Waals surface area (Å²) in [7, 11) is 3.20. The number of nitrogens with one attached hydrogen (secondary N) is 1. The molecule has 1 heterocycles. The number of rotatable bonds is 7. The zero-order chi connectivity index (χ0) is 22.6. The molecule has 1 aromatic heterocycles. The van der Waals surface area contributed by atoms with Gasteiger partial charge in [0.25, 0.3) is 5.91 Å². The molecule has 164 valence electrons. The number of ether oxygens (including phenoxy) is 2. The molecule has 0 aliphatic rings. The number of carbonyl (C=O) groups is 1. The van der Waals surface area contributed by atoms with E-state index in [4.69, 9.17) is 13.9 Å². The van der Waals surface area contributed by atoms with Crippen LogP contribution in [0.15, 0.2) is 52.9 Å². The third-order valence-corrected chi connectivity index (χ3v) is 5.40. The molecular weight excluding hydrogens is 390 g/mol. The van der Waals surface area contributed by atoms with Crippen LogP contribution in [0.3, 0.4) is 0 Å². The molecule has 0 aliphatic heterocycles. The minimum atomic E-state index is -0.260. The van der Waals surface area contributed by atoms with Gasteiger partial charge >= 0.3 is 0 Å². The maximum atomic E-state index is 12.6. The molecule has 0 bridgehead atoms. The smallest absolute Gasteiger partial charge is 0.287 e. The van der Waals surface area contributed by atoms with E-state index in [2.05, 4.69) is 51.2 Å². The number of furan rings is 1. The lowest BCUT2D eigenvalue weighted by Crippen LogP contribution is -2.22. The molecule has 0 spiro atoms. The number of hydrogen-bond acceptors (Lipinski definition) is 4. The minimum Gasteiger partial charge on any atom is -0.497 e. The van der Waals surface area contributed by atoms with E-state index in [0.717, 1.165) is 11.3 Å². The second-order valence-electron chi connectivity index (χ2n) is 8.69. The number of hydrogen-bond donors (Lipinski definition) is 1. The predicted molar refractivity (Wildman–Crippen MR) is 122 cm³/mol. The molecule has 0 fully saturated rings. The summed E-state index contributed by atoms with van der Waals surface area (Å²) in [4.78, 5) is 12.6. The van der Waals surface area contributed by atoms with Crippen LogP contribution in [0, 0.1) is 6.92 Å². The Bertz CT molecular complexity index is 1060. The highest BCUT2D eigenvalue weighted by atomic mass is 16.5. The lowest BCUT2D eigenvalue weighted by molar-refractivity contribution is 0.0921. The molecule has 1 N–H and O–H groups in total. The quantitative estimate of drug-likeness (QED) is 0.553. The maximum absolute atomic E-state index is 12.6. The summed E-state index contributed by atoms with van der Waals surface area (Å²) in [6.07, 6.45) is 0.648. The average Bonchev–Trinajstić information content (AvgIpc) is 3.21. The van der Waals surface area contributed by atoms with E-state index in [1.54, 1.807) is 26.4 Å². The van der Waals surface area contributed by atoms with Gasteiger partial charge < -0.3 is 19.2 Å². The summed E-state index contributed by atoms with van der Waals surface area (Å²) >= 11 is 0.